The summed E-state index contributed by atoms with van der Waals surface area (Å²) in [4.78, 5) is 4.23. The van der Waals surface area contributed by atoms with E-state index in [0.717, 1.165) is 11.1 Å². The molecular formula is C16H19NO2. The van der Waals surface area contributed by atoms with Gasteiger partial charge in [0.05, 0.1) is 11.8 Å². The molecule has 19 heavy (non-hydrogen) atoms. The maximum absolute atomic E-state index is 10.5. The summed E-state index contributed by atoms with van der Waals surface area (Å²) in [5, 5.41) is 10.5. The summed E-state index contributed by atoms with van der Waals surface area (Å²) in [6.07, 6.45) is 1.01. The van der Waals surface area contributed by atoms with Crippen LogP contribution in [0.1, 0.15) is 36.8 Å². The zero-order valence-corrected chi connectivity index (χ0v) is 11.5. The molecule has 0 aliphatic carbocycles. The fourth-order valence-electron chi connectivity index (χ4n) is 1.94. The monoisotopic (exact) mass is 257 g/mol. The van der Waals surface area contributed by atoms with Crippen molar-refractivity contribution in [3.8, 4) is 5.75 Å². The smallest absolute Gasteiger partial charge is 0.125 e. The molecule has 0 aliphatic heterocycles. The van der Waals surface area contributed by atoms with Gasteiger partial charge in [0.25, 0.3) is 0 Å². The van der Waals surface area contributed by atoms with E-state index in [0.29, 0.717) is 11.4 Å². The molecule has 3 nitrogen and oxygen atoms in total. The van der Waals surface area contributed by atoms with Crippen molar-refractivity contribution in [3.63, 3.8) is 0 Å². The Labute approximate surface area is 113 Å². The van der Waals surface area contributed by atoms with Gasteiger partial charge < -0.3 is 9.84 Å². The minimum Gasteiger partial charge on any atom is -0.491 e. The summed E-state index contributed by atoms with van der Waals surface area (Å²) in [6, 6.07) is 11.3. The van der Waals surface area contributed by atoms with Crippen LogP contribution in [0.5, 0.6) is 5.75 Å². The Morgan fingerprint density at radius 1 is 1.16 bits per heavy atom. The third-order valence-corrected chi connectivity index (χ3v) is 2.79. The first kappa shape index (κ1) is 13.6. The number of para-hydroxylation sites is 1. The molecule has 0 amide bonds. The first-order valence-electron chi connectivity index (χ1n) is 6.44. The van der Waals surface area contributed by atoms with Crippen molar-refractivity contribution in [2.45, 2.75) is 33.0 Å². The van der Waals surface area contributed by atoms with E-state index in [4.69, 9.17) is 4.74 Å². The van der Waals surface area contributed by atoms with Crippen LogP contribution < -0.4 is 4.74 Å². The third-order valence-electron chi connectivity index (χ3n) is 2.79. The molecule has 0 saturated carbocycles. The highest BCUT2D eigenvalue weighted by Crippen LogP contribution is 2.29. The number of rotatable bonds is 4. The van der Waals surface area contributed by atoms with E-state index < -0.39 is 6.10 Å². The standard InChI is InChI=1S/C16H19NO2/c1-11(2)19-15-7-5-4-6-13(15)16(18)14-10-12(3)8-9-17-14/h4-11,16,18H,1-3H3. The lowest BCUT2D eigenvalue weighted by Gasteiger charge is -2.18. The van der Waals surface area contributed by atoms with Gasteiger partial charge >= 0.3 is 0 Å². The van der Waals surface area contributed by atoms with Crippen LogP contribution in [-0.2, 0) is 0 Å². The van der Waals surface area contributed by atoms with Gasteiger partial charge in [0.15, 0.2) is 0 Å². The lowest BCUT2D eigenvalue weighted by molar-refractivity contribution is 0.194. The zero-order valence-electron chi connectivity index (χ0n) is 11.5. The van der Waals surface area contributed by atoms with Gasteiger partial charge in [-0.3, -0.25) is 4.98 Å². The van der Waals surface area contributed by atoms with Crippen LogP contribution in [0.4, 0.5) is 0 Å². The van der Waals surface area contributed by atoms with Gasteiger partial charge in [-0.05, 0) is 44.5 Å². The summed E-state index contributed by atoms with van der Waals surface area (Å²) in [5.74, 6) is 0.702. The molecule has 0 radical (unpaired) electrons. The number of aromatic nitrogens is 1. The summed E-state index contributed by atoms with van der Waals surface area (Å²) in [5.41, 5.74) is 2.46. The average molecular weight is 257 g/mol. The van der Waals surface area contributed by atoms with Crippen molar-refractivity contribution in [2.75, 3.05) is 0 Å². The number of nitrogens with zero attached hydrogens (tertiary/aromatic N) is 1. The molecule has 0 saturated heterocycles. The maximum Gasteiger partial charge on any atom is 0.125 e. The minimum atomic E-state index is -0.769. The Kier molecular flexibility index (Phi) is 4.17. The second-order valence-electron chi connectivity index (χ2n) is 4.87. The van der Waals surface area contributed by atoms with E-state index in [2.05, 4.69) is 4.98 Å². The molecule has 1 aromatic carbocycles. The van der Waals surface area contributed by atoms with E-state index in [1.807, 2.05) is 57.2 Å². The van der Waals surface area contributed by atoms with E-state index >= 15 is 0 Å². The highest BCUT2D eigenvalue weighted by atomic mass is 16.5. The summed E-state index contributed by atoms with van der Waals surface area (Å²) < 4.78 is 5.73. The fourth-order valence-corrected chi connectivity index (χ4v) is 1.94. The largest absolute Gasteiger partial charge is 0.491 e. The number of aryl methyl sites for hydroxylation is 1. The summed E-state index contributed by atoms with van der Waals surface area (Å²) >= 11 is 0. The molecule has 1 heterocycles. The van der Waals surface area contributed by atoms with Crippen molar-refractivity contribution in [3.05, 3.63) is 59.4 Å². The molecule has 2 aromatic rings. The highest BCUT2D eigenvalue weighted by molar-refractivity contribution is 5.39. The van der Waals surface area contributed by atoms with Crippen LogP contribution in [0, 0.1) is 6.92 Å². The molecule has 1 aromatic heterocycles. The zero-order chi connectivity index (χ0) is 13.8. The van der Waals surface area contributed by atoms with E-state index in [1.54, 1.807) is 6.20 Å². The molecular weight excluding hydrogens is 238 g/mol. The number of hydrogen-bond donors (Lipinski definition) is 1. The lowest BCUT2D eigenvalue weighted by atomic mass is 10.0. The minimum absolute atomic E-state index is 0.0684. The fraction of sp³-hybridized carbons (Fsp3) is 0.312. The third kappa shape index (κ3) is 3.32. The summed E-state index contributed by atoms with van der Waals surface area (Å²) in [7, 11) is 0. The van der Waals surface area contributed by atoms with Gasteiger partial charge in [-0.25, -0.2) is 0 Å². The highest BCUT2D eigenvalue weighted by Gasteiger charge is 2.17. The molecule has 1 N–H and O–H groups in total. The van der Waals surface area contributed by atoms with Crippen LogP contribution in [-0.4, -0.2) is 16.2 Å². The molecule has 1 atom stereocenters. The van der Waals surface area contributed by atoms with Crippen molar-refractivity contribution in [2.24, 2.45) is 0 Å². The summed E-state index contributed by atoms with van der Waals surface area (Å²) in [6.45, 7) is 5.91. The van der Waals surface area contributed by atoms with Crippen LogP contribution in [0.25, 0.3) is 0 Å². The molecule has 0 spiro atoms. The normalized spacial score (nSPS) is 12.5. The van der Waals surface area contributed by atoms with E-state index in [-0.39, 0.29) is 6.10 Å². The van der Waals surface area contributed by atoms with Gasteiger partial charge in [-0.1, -0.05) is 18.2 Å². The molecule has 0 fully saturated rings. The van der Waals surface area contributed by atoms with Crippen molar-refractivity contribution < 1.29 is 9.84 Å². The van der Waals surface area contributed by atoms with E-state index in [9.17, 15) is 5.11 Å². The molecule has 2 rings (SSSR count). The first-order chi connectivity index (χ1) is 9.08. The first-order valence-corrected chi connectivity index (χ1v) is 6.44. The number of hydrogen-bond acceptors (Lipinski definition) is 3. The van der Waals surface area contributed by atoms with Gasteiger partial charge in [-0.15, -0.1) is 0 Å². The van der Waals surface area contributed by atoms with Gasteiger partial charge in [0, 0.05) is 11.8 Å². The van der Waals surface area contributed by atoms with Crippen molar-refractivity contribution in [1.29, 1.82) is 0 Å². The maximum atomic E-state index is 10.5. The van der Waals surface area contributed by atoms with Gasteiger partial charge in [0.1, 0.15) is 11.9 Å². The van der Waals surface area contributed by atoms with Crippen LogP contribution in [0.15, 0.2) is 42.6 Å². The predicted octanol–water partition coefficient (Wildman–Crippen LogP) is 3.26. The van der Waals surface area contributed by atoms with Crippen LogP contribution in [0.3, 0.4) is 0 Å². The second-order valence-corrected chi connectivity index (χ2v) is 4.87. The van der Waals surface area contributed by atoms with Gasteiger partial charge in [0.2, 0.25) is 0 Å². The predicted molar refractivity (Wildman–Crippen MR) is 75.2 cm³/mol. The van der Waals surface area contributed by atoms with E-state index in [1.165, 1.54) is 0 Å². The van der Waals surface area contributed by atoms with Crippen molar-refractivity contribution in [1.82, 2.24) is 4.98 Å². The Morgan fingerprint density at radius 3 is 2.58 bits per heavy atom. The molecule has 1 unspecified atom stereocenters. The van der Waals surface area contributed by atoms with Gasteiger partial charge in [-0.2, -0.15) is 0 Å². The van der Waals surface area contributed by atoms with Crippen LogP contribution >= 0.6 is 0 Å². The topological polar surface area (TPSA) is 42.4 Å². The number of ether oxygens (including phenoxy) is 1. The Balaban J connectivity index is 2.35. The lowest BCUT2D eigenvalue weighted by Crippen LogP contribution is -2.10. The quantitative estimate of drug-likeness (QED) is 0.914. The molecule has 100 valence electrons. The molecule has 3 heteroatoms. The molecule has 0 bridgehead atoms. The van der Waals surface area contributed by atoms with Crippen molar-refractivity contribution >= 4 is 0 Å². The average Bonchev–Trinajstić information content (AvgIpc) is 2.38. The van der Waals surface area contributed by atoms with Crippen LogP contribution in [0.2, 0.25) is 0 Å². The number of benzene rings is 1. The second kappa shape index (κ2) is 5.85. The SMILES string of the molecule is Cc1ccnc(C(O)c2ccccc2OC(C)C)c1. The number of pyridine rings is 1. The Morgan fingerprint density at radius 2 is 1.89 bits per heavy atom. The number of aliphatic hydroxyl groups is 1. The Bertz CT molecular complexity index is 552. The number of aliphatic hydroxyl groups excluding tert-OH is 1. The molecule has 0 aliphatic rings. The Hall–Kier alpha value is -1.87.